The quantitative estimate of drug-likeness (QED) is 0.525. The molecule has 158 valence electrons. The summed E-state index contributed by atoms with van der Waals surface area (Å²) in [6, 6.07) is 18.3. The van der Waals surface area contributed by atoms with Crippen LogP contribution >= 0.6 is 11.3 Å². The summed E-state index contributed by atoms with van der Waals surface area (Å²) >= 11 is 1.30. The lowest BCUT2D eigenvalue weighted by Gasteiger charge is -2.10. The number of carbonyl (C=O) groups is 2. The number of hydrogen-bond donors (Lipinski definition) is 2. The molecule has 0 aliphatic rings. The van der Waals surface area contributed by atoms with Gasteiger partial charge in [-0.15, -0.1) is 11.3 Å². The Morgan fingerprint density at radius 2 is 1.87 bits per heavy atom. The predicted molar refractivity (Wildman–Crippen MR) is 122 cm³/mol. The van der Waals surface area contributed by atoms with Crippen LogP contribution in [0.15, 0.2) is 60.0 Å². The lowest BCUT2D eigenvalue weighted by molar-refractivity contribution is 0.0952. The minimum atomic E-state index is -0.282. The third kappa shape index (κ3) is 5.93. The van der Waals surface area contributed by atoms with E-state index in [9.17, 15) is 9.59 Å². The SMILES string of the molecule is CC(C)c1ccc(C(=O)Nc2sccc2C(=O)NCc2cccc(OCC#N)c2)cc1. The third-order valence-electron chi connectivity index (χ3n) is 4.63. The van der Waals surface area contributed by atoms with Gasteiger partial charge in [0.1, 0.15) is 16.8 Å². The third-order valence-corrected chi connectivity index (χ3v) is 5.46. The second-order valence-corrected chi connectivity index (χ2v) is 8.09. The number of amides is 2. The number of benzene rings is 2. The standard InChI is InChI=1S/C24H23N3O3S/c1-16(2)18-6-8-19(9-7-18)22(28)27-24-21(10-13-31-24)23(29)26-15-17-4-3-5-20(14-17)30-12-11-25/h3-10,13-14,16H,12,15H2,1-2H3,(H,26,29)(H,27,28). The van der Waals surface area contributed by atoms with Crippen LogP contribution < -0.4 is 15.4 Å². The second kappa shape index (κ2) is 10.4. The summed E-state index contributed by atoms with van der Waals surface area (Å²) in [5.41, 5.74) is 2.96. The molecule has 0 aliphatic heterocycles. The van der Waals surface area contributed by atoms with Crippen molar-refractivity contribution < 1.29 is 14.3 Å². The largest absolute Gasteiger partial charge is 0.479 e. The summed E-state index contributed by atoms with van der Waals surface area (Å²) < 4.78 is 5.28. The summed E-state index contributed by atoms with van der Waals surface area (Å²) in [7, 11) is 0. The van der Waals surface area contributed by atoms with Gasteiger partial charge in [0.25, 0.3) is 11.8 Å². The van der Waals surface area contributed by atoms with Gasteiger partial charge in [-0.1, -0.05) is 38.1 Å². The molecule has 0 unspecified atom stereocenters. The molecule has 7 heteroatoms. The van der Waals surface area contributed by atoms with Gasteiger partial charge < -0.3 is 15.4 Å². The van der Waals surface area contributed by atoms with Crippen molar-refractivity contribution in [2.24, 2.45) is 0 Å². The minimum absolute atomic E-state index is 0.0338. The number of ether oxygens (including phenoxy) is 1. The van der Waals surface area contributed by atoms with Crippen LogP contribution in [-0.2, 0) is 6.54 Å². The average molecular weight is 434 g/mol. The molecule has 1 aromatic heterocycles. The van der Waals surface area contributed by atoms with Crippen LogP contribution in [0.25, 0.3) is 0 Å². The Morgan fingerprint density at radius 1 is 1.10 bits per heavy atom. The molecule has 31 heavy (non-hydrogen) atoms. The highest BCUT2D eigenvalue weighted by atomic mass is 32.1. The molecule has 0 bridgehead atoms. The molecule has 0 radical (unpaired) electrons. The van der Waals surface area contributed by atoms with E-state index in [2.05, 4.69) is 24.5 Å². The molecule has 1 heterocycles. The number of carbonyl (C=O) groups excluding carboxylic acids is 2. The normalized spacial score (nSPS) is 10.4. The van der Waals surface area contributed by atoms with Crippen molar-refractivity contribution in [2.75, 3.05) is 11.9 Å². The molecule has 0 atom stereocenters. The summed E-state index contributed by atoms with van der Waals surface area (Å²) in [6.07, 6.45) is 0. The highest BCUT2D eigenvalue weighted by Crippen LogP contribution is 2.24. The Labute approximate surface area is 185 Å². The molecule has 2 amide bonds. The van der Waals surface area contributed by atoms with Gasteiger partial charge in [-0.25, -0.2) is 0 Å². The fourth-order valence-corrected chi connectivity index (χ4v) is 3.70. The highest BCUT2D eigenvalue weighted by molar-refractivity contribution is 7.14. The van der Waals surface area contributed by atoms with Gasteiger partial charge in [0, 0.05) is 12.1 Å². The Morgan fingerprint density at radius 3 is 2.58 bits per heavy atom. The fraction of sp³-hybridized carbons (Fsp3) is 0.208. The molecular weight excluding hydrogens is 410 g/mol. The van der Waals surface area contributed by atoms with Crippen LogP contribution in [0.4, 0.5) is 5.00 Å². The van der Waals surface area contributed by atoms with Gasteiger partial charge in [0.15, 0.2) is 6.61 Å². The molecule has 3 aromatic rings. The van der Waals surface area contributed by atoms with Crippen LogP contribution in [0.5, 0.6) is 5.75 Å². The summed E-state index contributed by atoms with van der Waals surface area (Å²) in [4.78, 5) is 25.3. The zero-order valence-electron chi connectivity index (χ0n) is 17.3. The van der Waals surface area contributed by atoms with E-state index < -0.39 is 0 Å². The van der Waals surface area contributed by atoms with E-state index in [1.807, 2.05) is 24.3 Å². The van der Waals surface area contributed by atoms with E-state index in [0.29, 0.717) is 34.3 Å². The van der Waals surface area contributed by atoms with Gasteiger partial charge in [0.05, 0.1) is 5.56 Å². The summed E-state index contributed by atoms with van der Waals surface area (Å²) in [5.74, 6) is 0.424. The molecule has 0 spiro atoms. The maximum absolute atomic E-state index is 12.7. The number of rotatable bonds is 8. The average Bonchev–Trinajstić information content (AvgIpc) is 3.24. The molecule has 2 N–H and O–H groups in total. The Hall–Kier alpha value is -3.63. The van der Waals surface area contributed by atoms with Crippen molar-refractivity contribution in [1.29, 1.82) is 5.26 Å². The smallest absolute Gasteiger partial charge is 0.256 e. The number of nitriles is 1. The first-order chi connectivity index (χ1) is 15.0. The summed E-state index contributed by atoms with van der Waals surface area (Å²) in [6.45, 7) is 4.46. The van der Waals surface area contributed by atoms with Gasteiger partial charge in [-0.05, 0) is 52.8 Å². The van der Waals surface area contributed by atoms with Crippen LogP contribution in [0.2, 0.25) is 0 Å². The van der Waals surface area contributed by atoms with Crippen molar-refractivity contribution in [1.82, 2.24) is 5.32 Å². The van der Waals surface area contributed by atoms with Gasteiger partial charge in [0.2, 0.25) is 0 Å². The van der Waals surface area contributed by atoms with Gasteiger partial charge in [-0.2, -0.15) is 5.26 Å². The fourth-order valence-electron chi connectivity index (χ4n) is 2.92. The molecule has 0 saturated carbocycles. The van der Waals surface area contributed by atoms with Crippen LogP contribution in [0, 0.1) is 11.3 Å². The van der Waals surface area contributed by atoms with E-state index >= 15 is 0 Å². The van der Waals surface area contributed by atoms with E-state index in [4.69, 9.17) is 10.00 Å². The summed E-state index contributed by atoms with van der Waals surface area (Å²) in [5, 5.41) is 16.6. The molecule has 0 aliphatic carbocycles. The molecule has 6 nitrogen and oxygen atoms in total. The van der Waals surface area contributed by atoms with E-state index in [1.165, 1.54) is 11.3 Å². The van der Waals surface area contributed by atoms with E-state index in [0.717, 1.165) is 11.1 Å². The number of thiophene rings is 1. The van der Waals surface area contributed by atoms with Crippen LogP contribution in [0.3, 0.4) is 0 Å². The zero-order chi connectivity index (χ0) is 22.2. The molecule has 0 fully saturated rings. The number of nitrogens with zero attached hydrogens (tertiary/aromatic N) is 1. The first kappa shape index (κ1) is 22.1. The lowest BCUT2D eigenvalue weighted by atomic mass is 10.0. The van der Waals surface area contributed by atoms with Crippen LogP contribution in [0.1, 0.15) is 51.6 Å². The Bertz CT molecular complexity index is 1100. The first-order valence-corrected chi connectivity index (χ1v) is 10.7. The highest BCUT2D eigenvalue weighted by Gasteiger charge is 2.16. The Balaban J connectivity index is 1.62. The van der Waals surface area contributed by atoms with Crippen molar-refractivity contribution in [3.63, 3.8) is 0 Å². The number of anilines is 1. The van der Waals surface area contributed by atoms with E-state index in [-0.39, 0.29) is 18.4 Å². The van der Waals surface area contributed by atoms with Gasteiger partial charge in [-0.3, -0.25) is 9.59 Å². The number of hydrogen-bond acceptors (Lipinski definition) is 5. The van der Waals surface area contributed by atoms with E-state index in [1.54, 1.807) is 41.8 Å². The molecular formula is C24H23N3O3S. The monoisotopic (exact) mass is 433 g/mol. The molecule has 0 saturated heterocycles. The lowest BCUT2D eigenvalue weighted by Crippen LogP contribution is -2.24. The van der Waals surface area contributed by atoms with Crippen molar-refractivity contribution in [3.05, 3.63) is 82.2 Å². The Kier molecular flexibility index (Phi) is 7.41. The first-order valence-electron chi connectivity index (χ1n) is 9.83. The predicted octanol–water partition coefficient (Wildman–Crippen LogP) is 4.96. The molecule has 3 rings (SSSR count). The zero-order valence-corrected chi connectivity index (χ0v) is 18.2. The minimum Gasteiger partial charge on any atom is -0.479 e. The topological polar surface area (TPSA) is 91.2 Å². The van der Waals surface area contributed by atoms with Crippen molar-refractivity contribution >= 4 is 28.2 Å². The maximum Gasteiger partial charge on any atom is 0.256 e. The molecule has 2 aromatic carbocycles. The van der Waals surface area contributed by atoms with Crippen LogP contribution in [-0.4, -0.2) is 18.4 Å². The maximum atomic E-state index is 12.7. The van der Waals surface area contributed by atoms with Crippen molar-refractivity contribution in [3.8, 4) is 11.8 Å². The van der Waals surface area contributed by atoms with Crippen molar-refractivity contribution in [2.45, 2.75) is 26.3 Å². The number of nitrogens with one attached hydrogen (secondary N) is 2. The second-order valence-electron chi connectivity index (χ2n) is 7.17. The van der Waals surface area contributed by atoms with Gasteiger partial charge >= 0.3 is 0 Å².